The van der Waals surface area contributed by atoms with Gasteiger partial charge in [0.2, 0.25) is 0 Å². The molecular weight excluding hydrogens is 655 g/mol. The molecule has 3 aromatic heterocycles. The van der Waals surface area contributed by atoms with Gasteiger partial charge in [0.1, 0.15) is 22.3 Å². The van der Waals surface area contributed by atoms with Gasteiger partial charge >= 0.3 is 0 Å². The summed E-state index contributed by atoms with van der Waals surface area (Å²) in [6.45, 7) is 0. The molecule has 3 nitrogen and oxygen atoms in total. The van der Waals surface area contributed by atoms with Crippen LogP contribution in [0, 0.1) is 0 Å². The third-order valence-corrected chi connectivity index (χ3v) is 11.4. The standard InChI is InChI=1S/C48H29NO2S/c1-4-15-42-37(9-1)40-14-7-13-36(48(40)51-42)31-21-25-33(26-22-31)49(34-27-28-39-38-10-3-6-18-45(38)52-46(39)29-34)32-23-19-30(20-24-32)35-12-8-17-44-47(35)41-11-2-5-16-43(41)50-44/h1-29H. The molecule has 0 bridgehead atoms. The average Bonchev–Trinajstić information content (AvgIpc) is 3.90. The van der Waals surface area contributed by atoms with Crippen LogP contribution in [0.2, 0.25) is 0 Å². The van der Waals surface area contributed by atoms with Crippen molar-refractivity contribution in [2.24, 2.45) is 0 Å². The fourth-order valence-corrected chi connectivity index (χ4v) is 9.01. The molecule has 0 aliphatic rings. The molecule has 11 rings (SSSR count). The first-order chi connectivity index (χ1) is 25.8. The molecule has 4 heteroatoms. The number of nitrogens with zero attached hydrogens (tertiary/aromatic N) is 1. The highest BCUT2D eigenvalue weighted by molar-refractivity contribution is 7.25. The van der Waals surface area contributed by atoms with Crippen molar-refractivity contribution in [3.05, 3.63) is 176 Å². The maximum absolute atomic E-state index is 6.40. The molecule has 0 N–H and O–H groups in total. The molecule has 0 fully saturated rings. The van der Waals surface area contributed by atoms with E-state index in [1.165, 1.54) is 20.2 Å². The molecule has 0 atom stereocenters. The number of thiophene rings is 1. The van der Waals surface area contributed by atoms with Crippen molar-refractivity contribution in [1.29, 1.82) is 0 Å². The van der Waals surface area contributed by atoms with Gasteiger partial charge in [0.05, 0.1) is 0 Å². The van der Waals surface area contributed by atoms with Gasteiger partial charge in [0.25, 0.3) is 0 Å². The van der Waals surface area contributed by atoms with E-state index in [4.69, 9.17) is 8.83 Å². The zero-order valence-corrected chi connectivity index (χ0v) is 28.7. The smallest absolute Gasteiger partial charge is 0.143 e. The van der Waals surface area contributed by atoms with E-state index in [9.17, 15) is 0 Å². The second-order valence-electron chi connectivity index (χ2n) is 13.3. The Hall–Kier alpha value is -6.62. The van der Waals surface area contributed by atoms with Gasteiger partial charge in [-0.3, -0.25) is 0 Å². The van der Waals surface area contributed by atoms with E-state index < -0.39 is 0 Å². The van der Waals surface area contributed by atoms with Crippen LogP contribution in [0.15, 0.2) is 185 Å². The van der Waals surface area contributed by atoms with Gasteiger partial charge in [-0.1, -0.05) is 115 Å². The Balaban J connectivity index is 1.04. The molecule has 0 aliphatic heterocycles. The minimum Gasteiger partial charge on any atom is -0.456 e. The Bertz CT molecular complexity index is 3130. The molecule has 0 amide bonds. The van der Waals surface area contributed by atoms with Crippen LogP contribution in [-0.2, 0) is 0 Å². The molecule has 244 valence electrons. The summed E-state index contributed by atoms with van der Waals surface area (Å²) < 4.78 is 15.2. The number of fused-ring (bicyclic) bond motifs is 9. The number of hydrogen-bond acceptors (Lipinski definition) is 4. The zero-order chi connectivity index (χ0) is 34.2. The average molecular weight is 684 g/mol. The zero-order valence-electron chi connectivity index (χ0n) is 27.9. The summed E-state index contributed by atoms with van der Waals surface area (Å²) in [5.74, 6) is 0. The van der Waals surface area contributed by atoms with E-state index in [-0.39, 0.29) is 0 Å². The third-order valence-electron chi connectivity index (χ3n) is 10.3. The molecule has 0 saturated heterocycles. The van der Waals surface area contributed by atoms with Gasteiger partial charge in [-0.25, -0.2) is 0 Å². The fraction of sp³-hybridized carbons (Fsp3) is 0. The Labute approximate surface area is 303 Å². The van der Waals surface area contributed by atoms with Crippen molar-refractivity contribution in [2.75, 3.05) is 4.90 Å². The quantitative estimate of drug-likeness (QED) is 0.181. The number of anilines is 3. The SMILES string of the molecule is c1ccc2c(c1)oc1c(-c3ccc(N(c4ccc(-c5cccc6oc7ccccc7c56)cc4)c4ccc5c(c4)sc4ccccc45)cc3)cccc12. The Morgan fingerprint density at radius 3 is 1.71 bits per heavy atom. The second-order valence-corrected chi connectivity index (χ2v) is 14.3. The normalized spacial score (nSPS) is 11.8. The Morgan fingerprint density at radius 2 is 0.923 bits per heavy atom. The first kappa shape index (κ1) is 29.1. The van der Waals surface area contributed by atoms with Gasteiger partial charge in [-0.05, 0) is 77.4 Å². The van der Waals surface area contributed by atoms with Crippen LogP contribution >= 0.6 is 11.3 Å². The molecule has 11 aromatic rings. The first-order valence-corrected chi connectivity index (χ1v) is 18.3. The lowest BCUT2D eigenvalue weighted by molar-refractivity contribution is 0.669. The minimum absolute atomic E-state index is 0.902. The summed E-state index contributed by atoms with van der Waals surface area (Å²) in [6.07, 6.45) is 0. The number of para-hydroxylation sites is 3. The maximum atomic E-state index is 6.40. The lowest BCUT2D eigenvalue weighted by Crippen LogP contribution is -2.09. The highest BCUT2D eigenvalue weighted by atomic mass is 32.1. The van der Waals surface area contributed by atoms with E-state index in [1.807, 2.05) is 35.6 Å². The van der Waals surface area contributed by atoms with Crippen molar-refractivity contribution in [3.8, 4) is 22.3 Å². The van der Waals surface area contributed by atoms with Crippen molar-refractivity contribution >= 4 is 92.4 Å². The predicted molar refractivity (Wildman–Crippen MR) is 219 cm³/mol. The third kappa shape index (κ3) is 4.51. The van der Waals surface area contributed by atoms with E-state index in [0.717, 1.165) is 83.2 Å². The lowest BCUT2D eigenvalue weighted by atomic mass is 9.99. The van der Waals surface area contributed by atoms with Gasteiger partial charge in [-0.2, -0.15) is 0 Å². The Morgan fingerprint density at radius 1 is 0.365 bits per heavy atom. The monoisotopic (exact) mass is 683 g/mol. The maximum Gasteiger partial charge on any atom is 0.143 e. The van der Waals surface area contributed by atoms with Crippen molar-refractivity contribution in [1.82, 2.24) is 0 Å². The molecular formula is C48H29NO2S. The predicted octanol–water partition coefficient (Wildman–Crippen LogP) is 14.7. The number of rotatable bonds is 5. The van der Waals surface area contributed by atoms with Gasteiger partial charge < -0.3 is 13.7 Å². The van der Waals surface area contributed by atoms with Crippen LogP contribution in [0.25, 0.3) is 86.3 Å². The van der Waals surface area contributed by atoms with E-state index in [1.54, 1.807) is 0 Å². The second kappa shape index (κ2) is 11.5. The minimum atomic E-state index is 0.902. The number of hydrogen-bond donors (Lipinski definition) is 0. The van der Waals surface area contributed by atoms with Crippen LogP contribution in [0.1, 0.15) is 0 Å². The summed E-state index contributed by atoms with van der Waals surface area (Å²) >= 11 is 1.84. The molecule has 0 spiro atoms. The lowest BCUT2D eigenvalue weighted by Gasteiger charge is -2.26. The van der Waals surface area contributed by atoms with Crippen molar-refractivity contribution < 1.29 is 8.83 Å². The fourth-order valence-electron chi connectivity index (χ4n) is 7.87. The van der Waals surface area contributed by atoms with E-state index in [0.29, 0.717) is 0 Å². The van der Waals surface area contributed by atoms with Gasteiger partial charge in [0, 0.05) is 64.3 Å². The number of furan rings is 2. The molecule has 8 aromatic carbocycles. The molecule has 3 heterocycles. The highest BCUT2D eigenvalue weighted by Gasteiger charge is 2.18. The molecule has 0 unspecified atom stereocenters. The van der Waals surface area contributed by atoms with Crippen LogP contribution in [0.4, 0.5) is 17.1 Å². The largest absolute Gasteiger partial charge is 0.456 e. The van der Waals surface area contributed by atoms with Crippen LogP contribution in [0.5, 0.6) is 0 Å². The van der Waals surface area contributed by atoms with Gasteiger partial charge in [-0.15, -0.1) is 11.3 Å². The summed E-state index contributed by atoms with van der Waals surface area (Å²) in [5.41, 5.74) is 11.4. The van der Waals surface area contributed by atoms with Crippen molar-refractivity contribution in [2.45, 2.75) is 0 Å². The molecule has 0 radical (unpaired) electrons. The summed E-state index contributed by atoms with van der Waals surface area (Å²) in [4.78, 5) is 2.35. The number of benzene rings is 8. The van der Waals surface area contributed by atoms with E-state index in [2.05, 4.69) is 157 Å². The van der Waals surface area contributed by atoms with Crippen LogP contribution in [0.3, 0.4) is 0 Å². The highest BCUT2D eigenvalue weighted by Crippen LogP contribution is 2.43. The van der Waals surface area contributed by atoms with Crippen LogP contribution in [-0.4, -0.2) is 0 Å². The first-order valence-electron chi connectivity index (χ1n) is 17.5. The molecule has 52 heavy (non-hydrogen) atoms. The summed E-state index contributed by atoms with van der Waals surface area (Å²) in [5, 5.41) is 7.14. The Kier molecular flexibility index (Phi) is 6.42. The molecule has 0 aliphatic carbocycles. The van der Waals surface area contributed by atoms with E-state index >= 15 is 0 Å². The summed E-state index contributed by atoms with van der Waals surface area (Å²) in [6, 6.07) is 62.6. The van der Waals surface area contributed by atoms with Crippen LogP contribution < -0.4 is 4.90 Å². The van der Waals surface area contributed by atoms with Crippen molar-refractivity contribution in [3.63, 3.8) is 0 Å². The topological polar surface area (TPSA) is 29.5 Å². The molecule has 0 saturated carbocycles. The summed E-state index contributed by atoms with van der Waals surface area (Å²) in [7, 11) is 0. The van der Waals surface area contributed by atoms with Gasteiger partial charge in [0.15, 0.2) is 0 Å².